The number of amides is 2. The molecule has 4 heteroatoms. The van der Waals surface area contributed by atoms with Crippen LogP contribution in [0.4, 0.5) is 4.79 Å². The van der Waals surface area contributed by atoms with Gasteiger partial charge in [-0.05, 0) is 0 Å². The second kappa shape index (κ2) is 2.68. The van der Waals surface area contributed by atoms with Crippen LogP contribution in [-0.2, 0) is 4.79 Å². The molecular formula is C6H10N2O2. The van der Waals surface area contributed by atoms with Crippen LogP contribution in [0, 0.1) is 0 Å². The highest BCUT2D eigenvalue weighted by Crippen LogP contribution is 1.94. The Balaban J connectivity index is 2.44. The normalized spacial score (nSPS) is 23.7. The molecule has 0 radical (unpaired) electrons. The molecule has 1 fully saturated rings. The molecule has 1 unspecified atom stereocenters. The van der Waals surface area contributed by atoms with Crippen molar-refractivity contribution in [2.75, 3.05) is 6.54 Å². The molecule has 4 nitrogen and oxygen atoms in total. The smallest absolute Gasteiger partial charge is 0.315 e. The monoisotopic (exact) mass is 142 g/mol. The van der Waals surface area contributed by atoms with E-state index in [1.54, 1.807) is 6.92 Å². The lowest BCUT2D eigenvalue weighted by molar-refractivity contribution is -0.120. The van der Waals surface area contributed by atoms with Crippen molar-refractivity contribution in [1.82, 2.24) is 10.6 Å². The van der Waals surface area contributed by atoms with Crippen molar-refractivity contribution in [2.24, 2.45) is 0 Å². The van der Waals surface area contributed by atoms with E-state index in [2.05, 4.69) is 10.6 Å². The van der Waals surface area contributed by atoms with Gasteiger partial charge in [0.15, 0.2) is 5.78 Å². The third kappa shape index (κ3) is 1.26. The van der Waals surface area contributed by atoms with Gasteiger partial charge in [0.1, 0.15) is 6.04 Å². The Bertz CT molecular complexity index is 167. The number of hydrogen-bond donors (Lipinski definition) is 2. The fraction of sp³-hybridized carbons (Fsp3) is 0.667. The number of nitrogens with one attached hydrogen (secondary N) is 2. The van der Waals surface area contributed by atoms with Crippen LogP contribution >= 0.6 is 0 Å². The van der Waals surface area contributed by atoms with Crippen molar-refractivity contribution in [1.29, 1.82) is 0 Å². The molecule has 2 amide bonds. The van der Waals surface area contributed by atoms with Crippen LogP contribution in [0.15, 0.2) is 0 Å². The number of urea groups is 1. The second-order valence-electron chi connectivity index (χ2n) is 2.23. The summed E-state index contributed by atoms with van der Waals surface area (Å²) in [6.07, 6.45) is 0.479. The van der Waals surface area contributed by atoms with Gasteiger partial charge in [0.05, 0.1) is 0 Å². The Hall–Kier alpha value is -1.06. The number of carbonyl (C=O) groups excluding carboxylic acids is 2. The third-order valence-electron chi connectivity index (χ3n) is 1.51. The molecular weight excluding hydrogens is 132 g/mol. The minimum Gasteiger partial charge on any atom is -0.336 e. The van der Waals surface area contributed by atoms with E-state index in [4.69, 9.17) is 0 Å². The van der Waals surface area contributed by atoms with Gasteiger partial charge in [0.25, 0.3) is 0 Å². The summed E-state index contributed by atoms with van der Waals surface area (Å²) in [7, 11) is 0. The molecule has 0 aliphatic carbocycles. The quantitative estimate of drug-likeness (QED) is 0.553. The summed E-state index contributed by atoms with van der Waals surface area (Å²) in [6, 6.07) is -0.538. The molecule has 1 aliphatic rings. The number of Topliss-reactive ketones (excluding diaryl/α,β-unsaturated/α-hetero) is 1. The summed E-state index contributed by atoms with van der Waals surface area (Å²) < 4.78 is 0. The Morgan fingerprint density at radius 2 is 2.50 bits per heavy atom. The van der Waals surface area contributed by atoms with Gasteiger partial charge in [-0.15, -0.1) is 0 Å². The molecule has 1 aliphatic heterocycles. The maximum atomic E-state index is 10.9. The van der Waals surface area contributed by atoms with Crippen LogP contribution in [0.5, 0.6) is 0 Å². The summed E-state index contributed by atoms with van der Waals surface area (Å²) in [4.78, 5) is 21.4. The maximum absolute atomic E-state index is 10.9. The van der Waals surface area contributed by atoms with Gasteiger partial charge >= 0.3 is 6.03 Å². The lowest BCUT2D eigenvalue weighted by Gasteiger charge is -2.02. The molecule has 1 heterocycles. The predicted molar refractivity (Wildman–Crippen MR) is 35.6 cm³/mol. The van der Waals surface area contributed by atoms with Crippen molar-refractivity contribution in [2.45, 2.75) is 19.4 Å². The zero-order valence-electron chi connectivity index (χ0n) is 5.81. The number of hydrogen-bond acceptors (Lipinski definition) is 2. The molecule has 0 aromatic rings. The van der Waals surface area contributed by atoms with Crippen molar-refractivity contribution >= 4 is 11.8 Å². The van der Waals surface area contributed by atoms with E-state index in [9.17, 15) is 9.59 Å². The molecule has 0 aromatic heterocycles. The first-order valence-corrected chi connectivity index (χ1v) is 3.31. The third-order valence-corrected chi connectivity index (χ3v) is 1.51. The van der Waals surface area contributed by atoms with Gasteiger partial charge in [-0.1, -0.05) is 6.92 Å². The zero-order chi connectivity index (χ0) is 7.56. The predicted octanol–water partition coefficient (Wildman–Crippen LogP) is -0.353. The molecule has 0 bridgehead atoms. The van der Waals surface area contributed by atoms with E-state index in [1.807, 2.05) is 0 Å². The van der Waals surface area contributed by atoms with Crippen LogP contribution < -0.4 is 10.6 Å². The van der Waals surface area contributed by atoms with E-state index in [0.717, 1.165) is 0 Å². The van der Waals surface area contributed by atoms with Crippen LogP contribution in [0.25, 0.3) is 0 Å². The van der Waals surface area contributed by atoms with Crippen LogP contribution in [0.3, 0.4) is 0 Å². The molecule has 1 atom stereocenters. The topological polar surface area (TPSA) is 58.2 Å². The summed E-state index contributed by atoms with van der Waals surface area (Å²) in [5.74, 6) is 0.0818. The van der Waals surface area contributed by atoms with Crippen molar-refractivity contribution in [3.63, 3.8) is 0 Å². The van der Waals surface area contributed by atoms with Gasteiger partial charge in [-0.3, -0.25) is 4.79 Å². The standard InChI is InChI=1S/C6H10N2O2/c1-2-5(9)4-3-7-6(10)8-4/h4H,2-3H2,1H3,(H2,7,8,10). The Morgan fingerprint density at radius 1 is 1.80 bits per heavy atom. The van der Waals surface area contributed by atoms with E-state index < -0.39 is 0 Å². The molecule has 0 saturated carbocycles. The first-order valence-electron chi connectivity index (χ1n) is 3.31. The van der Waals surface area contributed by atoms with Crippen LogP contribution in [0.2, 0.25) is 0 Å². The lowest BCUT2D eigenvalue weighted by atomic mass is 10.1. The lowest BCUT2D eigenvalue weighted by Crippen LogP contribution is -2.33. The van der Waals surface area contributed by atoms with Crippen molar-refractivity contribution in [3.05, 3.63) is 0 Å². The minimum absolute atomic E-state index is 0.0818. The van der Waals surface area contributed by atoms with Gasteiger partial charge in [0, 0.05) is 13.0 Å². The molecule has 1 saturated heterocycles. The highest BCUT2D eigenvalue weighted by atomic mass is 16.2. The van der Waals surface area contributed by atoms with Gasteiger partial charge in [-0.2, -0.15) is 0 Å². The molecule has 10 heavy (non-hydrogen) atoms. The SMILES string of the molecule is CCC(=O)C1CNC(=O)N1. The summed E-state index contributed by atoms with van der Waals surface area (Å²) in [5.41, 5.74) is 0. The second-order valence-corrected chi connectivity index (χ2v) is 2.23. The Kier molecular flexibility index (Phi) is 1.89. The van der Waals surface area contributed by atoms with Gasteiger partial charge in [0.2, 0.25) is 0 Å². The van der Waals surface area contributed by atoms with Crippen molar-refractivity contribution < 1.29 is 9.59 Å². The highest BCUT2D eigenvalue weighted by Gasteiger charge is 2.24. The summed E-state index contributed by atoms with van der Waals surface area (Å²) in [6.45, 7) is 2.22. The van der Waals surface area contributed by atoms with Crippen LogP contribution in [-0.4, -0.2) is 24.4 Å². The van der Waals surface area contributed by atoms with Gasteiger partial charge in [-0.25, -0.2) is 4.79 Å². The van der Waals surface area contributed by atoms with E-state index >= 15 is 0 Å². The Labute approximate surface area is 59.0 Å². The minimum atomic E-state index is -0.294. The summed E-state index contributed by atoms with van der Waals surface area (Å²) >= 11 is 0. The largest absolute Gasteiger partial charge is 0.336 e. The molecule has 1 rings (SSSR count). The molecule has 0 spiro atoms. The number of rotatable bonds is 2. The Morgan fingerprint density at radius 3 is 2.90 bits per heavy atom. The van der Waals surface area contributed by atoms with Crippen LogP contribution in [0.1, 0.15) is 13.3 Å². The first kappa shape index (κ1) is 7.05. The highest BCUT2D eigenvalue weighted by molar-refractivity contribution is 5.91. The van der Waals surface area contributed by atoms with E-state index in [1.165, 1.54) is 0 Å². The average Bonchev–Trinajstić information content (AvgIpc) is 2.34. The fourth-order valence-corrected chi connectivity index (χ4v) is 0.896. The number of ketones is 1. The average molecular weight is 142 g/mol. The summed E-state index contributed by atoms with van der Waals surface area (Å²) in [5, 5.41) is 5.02. The van der Waals surface area contributed by atoms with E-state index in [-0.39, 0.29) is 17.9 Å². The van der Waals surface area contributed by atoms with Gasteiger partial charge < -0.3 is 10.6 Å². The zero-order valence-corrected chi connectivity index (χ0v) is 5.81. The number of carbonyl (C=O) groups is 2. The van der Waals surface area contributed by atoms with Crippen molar-refractivity contribution in [3.8, 4) is 0 Å². The maximum Gasteiger partial charge on any atom is 0.315 e. The molecule has 56 valence electrons. The first-order chi connectivity index (χ1) is 4.74. The molecule has 2 N–H and O–H groups in total. The molecule has 0 aromatic carbocycles. The van der Waals surface area contributed by atoms with E-state index in [0.29, 0.717) is 13.0 Å². The fourth-order valence-electron chi connectivity index (χ4n) is 0.896.